The molecule has 1 amide bonds. The molecule has 8 heteroatoms. The monoisotopic (exact) mass is 444 g/mol. The summed E-state index contributed by atoms with van der Waals surface area (Å²) in [5.74, 6) is -0.232. The highest BCUT2D eigenvalue weighted by Crippen LogP contribution is 2.32. The summed E-state index contributed by atoms with van der Waals surface area (Å²) in [4.78, 5) is 15.0. The van der Waals surface area contributed by atoms with Crippen LogP contribution in [0.15, 0.2) is 54.6 Å². The van der Waals surface area contributed by atoms with Crippen molar-refractivity contribution in [2.45, 2.75) is 26.7 Å². The molecule has 0 bridgehead atoms. The molecule has 0 unspecified atom stereocenters. The number of anilines is 2. The number of nitrogens with one attached hydrogen (secondary N) is 1. The molecule has 5 rings (SSSR count). The zero-order valence-electron chi connectivity index (χ0n) is 18.6. The van der Waals surface area contributed by atoms with Gasteiger partial charge in [0.1, 0.15) is 11.3 Å². The van der Waals surface area contributed by atoms with E-state index in [-0.39, 0.29) is 17.5 Å². The van der Waals surface area contributed by atoms with Crippen molar-refractivity contribution in [1.29, 1.82) is 0 Å². The van der Waals surface area contributed by atoms with Crippen molar-refractivity contribution in [3.8, 4) is 5.69 Å². The third kappa shape index (κ3) is 3.92. The highest BCUT2D eigenvalue weighted by atomic mass is 19.1. The van der Waals surface area contributed by atoms with Gasteiger partial charge in [-0.3, -0.25) is 4.79 Å². The molecule has 2 aromatic heterocycles. The third-order valence-corrected chi connectivity index (χ3v) is 6.21. The van der Waals surface area contributed by atoms with Gasteiger partial charge in [0.05, 0.1) is 34.1 Å². The Bertz CT molecular complexity index is 1320. The van der Waals surface area contributed by atoms with Gasteiger partial charge in [-0.2, -0.15) is 10.2 Å². The lowest BCUT2D eigenvalue weighted by Crippen LogP contribution is -2.41. The number of amides is 1. The number of rotatable bonds is 4. The number of carbonyl (C=O) groups excluding carboxylic acids is 1. The molecule has 0 spiro atoms. The molecular weight excluding hydrogens is 419 g/mol. The van der Waals surface area contributed by atoms with Gasteiger partial charge >= 0.3 is 0 Å². The summed E-state index contributed by atoms with van der Waals surface area (Å²) in [6.45, 7) is 5.20. The van der Waals surface area contributed by atoms with Gasteiger partial charge in [-0.25, -0.2) is 9.07 Å². The fourth-order valence-electron chi connectivity index (χ4n) is 4.53. The first-order valence-electron chi connectivity index (χ1n) is 11.1. The van der Waals surface area contributed by atoms with E-state index in [1.165, 1.54) is 6.07 Å². The maximum Gasteiger partial charge on any atom is 0.229 e. The summed E-state index contributed by atoms with van der Waals surface area (Å²) >= 11 is 0. The lowest BCUT2D eigenvalue weighted by Gasteiger charge is -2.32. The first-order chi connectivity index (χ1) is 16.0. The number of aromatic nitrogens is 4. The Hall–Kier alpha value is -3.81. The maximum atomic E-state index is 14.0. The number of halogens is 1. The van der Waals surface area contributed by atoms with Crippen LogP contribution in [0.4, 0.5) is 15.9 Å². The quantitative estimate of drug-likeness (QED) is 0.504. The van der Waals surface area contributed by atoms with Crippen molar-refractivity contribution in [2.24, 2.45) is 5.92 Å². The molecule has 3 heterocycles. The zero-order chi connectivity index (χ0) is 22.9. The van der Waals surface area contributed by atoms with Crippen LogP contribution in [-0.4, -0.2) is 39.0 Å². The number of aryl methyl sites for hydroxylation is 2. The van der Waals surface area contributed by atoms with E-state index >= 15 is 0 Å². The SMILES string of the molecule is Cc1nnc(N2CCC[C@@H](C(=O)Nc3ccccc3F)C2)c2nn(-c3ccccc3)c(C)c12. The Balaban J connectivity index is 1.46. The van der Waals surface area contributed by atoms with E-state index in [1.807, 2.05) is 48.9 Å². The minimum atomic E-state index is -0.438. The van der Waals surface area contributed by atoms with Crippen LogP contribution in [0.1, 0.15) is 24.2 Å². The number of nitrogens with zero attached hydrogens (tertiary/aromatic N) is 5. The molecule has 1 aliphatic rings. The van der Waals surface area contributed by atoms with E-state index in [0.717, 1.165) is 47.4 Å². The highest BCUT2D eigenvalue weighted by molar-refractivity contribution is 5.95. The lowest BCUT2D eigenvalue weighted by atomic mass is 9.97. The lowest BCUT2D eigenvalue weighted by molar-refractivity contribution is -0.120. The number of piperidine rings is 1. The summed E-state index contributed by atoms with van der Waals surface area (Å²) in [7, 11) is 0. The van der Waals surface area contributed by atoms with E-state index in [0.29, 0.717) is 12.4 Å². The number of fused-ring (bicyclic) bond motifs is 1. The number of carbonyl (C=O) groups is 1. The molecule has 1 fully saturated rings. The van der Waals surface area contributed by atoms with Crippen molar-refractivity contribution in [3.05, 3.63) is 71.8 Å². The number of hydrogen-bond acceptors (Lipinski definition) is 5. The van der Waals surface area contributed by atoms with Gasteiger partial charge in [0.2, 0.25) is 5.91 Å². The van der Waals surface area contributed by atoms with Crippen LogP contribution in [0.3, 0.4) is 0 Å². The van der Waals surface area contributed by atoms with Gasteiger partial charge in [0, 0.05) is 13.1 Å². The van der Waals surface area contributed by atoms with Gasteiger partial charge in [0.15, 0.2) is 5.82 Å². The summed E-state index contributed by atoms with van der Waals surface area (Å²) in [6.07, 6.45) is 1.56. The second-order valence-corrected chi connectivity index (χ2v) is 8.42. The summed E-state index contributed by atoms with van der Waals surface area (Å²) in [6, 6.07) is 16.2. The fraction of sp³-hybridized carbons (Fsp3) is 0.280. The van der Waals surface area contributed by atoms with E-state index < -0.39 is 5.82 Å². The summed E-state index contributed by atoms with van der Waals surface area (Å²) < 4.78 is 15.9. The van der Waals surface area contributed by atoms with Crippen LogP contribution < -0.4 is 10.2 Å². The largest absolute Gasteiger partial charge is 0.352 e. The minimum Gasteiger partial charge on any atom is -0.352 e. The average molecular weight is 445 g/mol. The highest BCUT2D eigenvalue weighted by Gasteiger charge is 2.29. The van der Waals surface area contributed by atoms with Crippen molar-refractivity contribution in [2.75, 3.05) is 23.3 Å². The maximum absolute atomic E-state index is 14.0. The van der Waals surface area contributed by atoms with Crippen molar-refractivity contribution >= 4 is 28.3 Å². The molecule has 1 N–H and O–H groups in total. The number of para-hydroxylation sites is 2. The van der Waals surface area contributed by atoms with Crippen LogP contribution in [0.5, 0.6) is 0 Å². The summed E-state index contributed by atoms with van der Waals surface area (Å²) in [5, 5.41) is 17.5. The molecule has 1 saturated heterocycles. The van der Waals surface area contributed by atoms with Crippen molar-refractivity contribution in [1.82, 2.24) is 20.0 Å². The standard InChI is InChI=1S/C25H25FN6O/c1-16-22-17(2)32(19-10-4-3-5-11-19)30-23(22)24(29-28-16)31-14-8-9-18(15-31)25(33)27-21-13-7-6-12-20(21)26/h3-7,10-13,18H,8-9,14-15H2,1-2H3,(H,27,33)/t18-/m1/s1. The molecule has 168 valence electrons. The molecule has 7 nitrogen and oxygen atoms in total. The van der Waals surface area contributed by atoms with Gasteiger partial charge in [-0.1, -0.05) is 30.3 Å². The predicted octanol–water partition coefficient (Wildman–Crippen LogP) is 4.43. The van der Waals surface area contributed by atoms with Crippen LogP contribution in [0.2, 0.25) is 0 Å². The molecular formula is C25H25FN6O. The Morgan fingerprint density at radius 3 is 2.61 bits per heavy atom. The van der Waals surface area contributed by atoms with Crippen LogP contribution in [-0.2, 0) is 4.79 Å². The minimum absolute atomic E-state index is 0.188. The Labute approximate surface area is 191 Å². The third-order valence-electron chi connectivity index (χ3n) is 6.21. The smallest absolute Gasteiger partial charge is 0.229 e. The molecule has 0 saturated carbocycles. The molecule has 33 heavy (non-hydrogen) atoms. The average Bonchev–Trinajstić information content (AvgIpc) is 3.19. The number of benzene rings is 2. The van der Waals surface area contributed by atoms with E-state index in [1.54, 1.807) is 18.2 Å². The molecule has 1 aliphatic heterocycles. The topological polar surface area (TPSA) is 75.9 Å². The zero-order valence-corrected chi connectivity index (χ0v) is 18.6. The van der Waals surface area contributed by atoms with Gasteiger partial charge < -0.3 is 10.2 Å². The Kier molecular flexibility index (Phi) is 5.50. The molecule has 2 aromatic carbocycles. The first-order valence-corrected chi connectivity index (χ1v) is 11.1. The normalized spacial score (nSPS) is 16.2. The van der Waals surface area contributed by atoms with Crippen molar-refractivity contribution in [3.63, 3.8) is 0 Å². The van der Waals surface area contributed by atoms with E-state index in [9.17, 15) is 9.18 Å². The van der Waals surface area contributed by atoms with Gasteiger partial charge in [0.25, 0.3) is 0 Å². The van der Waals surface area contributed by atoms with Crippen LogP contribution >= 0.6 is 0 Å². The van der Waals surface area contributed by atoms with E-state index in [2.05, 4.69) is 20.4 Å². The second-order valence-electron chi connectivity index (χ2n) is 8.42. The predicted molar refractivity (Wildman–Crippen MR) is 126 cm³/mol. The summed E-state index contributed by atoms with van der Waals surface area (Å²) in [5.41, 5.74) is 3.76. The molecule has 1 atom stereocenters. The second kappa shape index (κ2) is 8.61. The van der Waals surface area contributed by atoms with Crippen molar-refractivity contribution < 1.29 is 9.18 Å². The molecule has 0 radical (unpaired) electrons. The Morgan fingerprint density at radius 1 is 1.06 bits per heavy atom. The number of hydrogen-bond donors (Lipinski definition) is 1. The van der Waals surface area contributed by atoms with Crippen LogP contribution in [0.25, 0.3) is 16.6 Å². The van der Waals surface area contributed by atoms with Gasteiger partial charge in [-0.05, 0) is 51.0 Å². The van der Waals surface area contributed by atoms with Crippen LogP contribution in [0, 0.1) is 25.6 Å². The first kappa shape index (κ1) is 21.1. The van der Waals surface area contributed by atoms with E-state index in [4.69, 9.17) is 5.10 Å². The fourth-order valence-corrected chi connectivity index (χ4v) is 4.53. The van der Waals surface area contributed by atoms with Gasteiger partial charge in [-0.15, -0.1) is 5.10 Å². The Morgan fingerprint density at radius 2 is 1.82 bits per heavy atom. The molecule has 0 aliphatic carbocycles. The molecule has 4 aromatic rings.